The van der Waals surface area contributed by atoms with Gasteiger partial charge in [0.25, 0.3) is 5.56 Å². The number of carbonyl (C=O) groups is 1. The van der Waals surface area contributed by atoms with Crippen LogP contribution < -0.4 is 5.56 Å². The summed E-state index contributed by atoms with van der Waals surface area (Å²) in [4.78, 5) is 25.2. The van der Waals surface area contributed by atoms with E-state index < -0.39 is 11.3 Å². The zero-order valence-electron chi connectivity index (χ0n) is 14.0. The molecule has 0 aliphatic rings. The van der Waals surface area contributed by atoms with Crippen molar-refractivity contribution in [3.63, 3.8) is 0 Å². The summed E-state index contributed by atoms with van der Waals surface area (Å²) in [6.45, 7) is 2.13. The second-order valence-electron chi connectivity index (χ2n) is 5.73. The quantitative estimate of drug-likeness (QED) is 0.496. The standard InChI is InChI=1S/C20H17NO5/c1-2-21-15-6-4-3-5-14(15)19(25)18(20(21)26)16(23)10-8-12-7-9-13(22)11-17(12)24/h3-11,22,24-25H,2H2,1H3. The second-order valence-corrected chi connectivity index (χ2v) is 5.73. The molecular weight excluding hydrogens is 334 g/mol. The summed E-state index contributed by atoms with van der Waals surface area (Å²) in [7, 11) is 0. The molecule has 132 valence electrons. The average molecular weight is 351 g/mol. The van der Waals surface area contributed by atoms with E-state index in [0.717, 1.165) is 12.1 Å². The number of pyridine rings is 1. The van der Waals surface area contributed by atoms with E-state index in [4.69, 9.17) is 0 Å². The van der Waals surface area contributed by atoms with Crippen LogP contribution in [0.25, 0.3) is 17.0 Å². The van der Waals surface area contributed by atoms with Crippen molar-refractivity contribution in [3.8, 4) is 17.2 Å². The number of rotatable bonds is 4. The molecule has 0 radical (unpaired) electrons. The molecule has 0 saturated carbocycles. The lowest BCUT2D eigenvalue weighted by atomic mass is 10.1. The van der Waals surface area contributed by atoms with Crippen LogP contribution in [0.1, 0.15) is 22.8 Å². The van der Waals surface area contributed by atoms with Gasteiger partial charge in [-0.2, -0.15) is 0 Å². The lowest BCUT2D eigenvalue weighted by Crippen LogP contribution is -2.26. The molecule has 0 spiro atoms. The zero-order chi connectivity index (χ0) is 18.8. The molecule has 0 aliphatic heterocycles. The Morgan fingerprint density at radius 1 is 1.12 bits per heavy atom. The minimum absolute atomic E-state index is 0.107. The Bertz CT molecular complexity index is 1100. The molecule has 3 aromatic rings. The third-order valence-corrected chi connectivity index (χ3v) is 4.14. The van der Waals surface area contributed by atoms with Crippen LogP contribution in [-0.2, 0) is 6.54 Å². The number of nitrogens with zero attached hydrogens (tertiary/aromatic N) is 1. The molecule has 3 rings (SSSR count). The van der Waals surface area contributed by atoms with E-state index >= 15 is 0 Å². The van der Waals surface area contributed by atoms with Crippen molar-refractivity contribution < 1.29 is 20.1 Å². The van der Waals surface area contributed by atoms with E-state index in [-0.39, 0.29) is 22.8 Å². The predicted octanol–water partition coefficient (Wildman–Crippen LogP) is 3.03. The lowest BCUT2D eigenvalue weighted by Gasteiger charge is -2.12. The van der Waals surface area contributed by atoms with Gasteiger partial charge in [0.1, 0.15) is 22.8 Å². The van der Waals surface area contributed by atoms with E-state index in [2.05, 4.69) is 0 Å². The lowest BCUT2D eigenvalue weighted by molar-refractivity contribution is 0.104. The van der Waals surface area contributed by atoms with Crippen molar-refractivity contribution >= 4 is 22.8 Å². The first-order chi connectivity index (χ1) is 12.4. The van der Waals surface area contributed by atoms with Crippen LogP contribution in [0.3, 0.4) is 0 Å². The summed E-state index contributed by atoms with van der Waals surface area (Å²) in [6, 6.07) is 10.7. The number of aryl methyl sites for hydroxylation is 1. The number of carbonyl (C=O) groups excluding carboxylic acids is 1. The van der Waals surface area contributed by atoms with E-state index in [1.807, 2.05) is 0 Å². The summed E-state index contributed by atoms with van der Waals surface area (Å²) in [5, 5.41) is 29.9. The zero-order valence-corrected chi connectivity index (χ0v) is 14.0. The Hall–Kier alpha value is -3.54. The van der Waals surface area contributed by atoms with Gasteiger partial charge >= 0.3 is 0 Å². The Labute approximate surface area is 148 Å². The molecule has 2 aromatic carbocycles. The molecule has 0 unspecified atom stereocenters. The topological polar surface area (TPSA) is 99.8 Å². The molecule has 6 nitrogen and oxygen atoms in total. The van der Waals surface area contributed by atoms with Gasteiger partial charge in [0.2, 0.25) is 0 Å². The minimum atomic E-state index is -0.673. The van der Waals surface area contributed by atoms with E-state index in [9.17, 15) is 24.9 Å². The molecule has 0 fully saturated rings. The highest BCUT2D eigenvalue weighted by molar-refractivity contribution is 6.11. The van der Waals surface area contributed by atoms with E-state index in [1.165, 1.54) is 22.8 Å². The van der Waals surface area contributed by atoms with Gasteiger partial charge in [-0.15, -0.1) is 0 Å². The van der Waals surface area contributed by atoms with Crippen LogP contribution in [-0.4, -0.2) is 25.7 Å². The number of para-hydroxylation sites is 1. The van der Waals surface area contributed by atoms with Gasteiger partial charge in [0.15, 0.2) is 5.78 Å². The highest BCUT2D eigenvalue weighted by Gasteiger charge is 2.20. The number of ketones is 1. The first-order valence-electron chi connectivity index (χ1n) is 8.03. The molecule has 6 heteroatoms. The number of phenols is 2. The van der Waals surface area contributed by atoms with Crippen molar-refractivity contribution in [1.29, 1.82) is 0 Å². The molecule has 1 aromatic heterocycles. The van der Waals surface area contributed by atoms with Gasteiger partial charge in [-0.3, -0.25) is 9.59 Å². The Morgan fingerprint density at radius 2 is 1.85 bits per heavy atom. The Kier molecular flexibility index (Phi) is 4.49. The fraction of sp³-hybridized carbons (Fsp3) is 0.100. The molecule has 0 bridgehead atoms. The molecule has 0 saturated heterocycles. The number of hydrogen-bond acceptors (Lipinski definition) is 5. The minimum Gasteiger partial charge on any atom is -0.508 e. The van der Waals surface area contributed by atoms with Gasteiger partial charge in [0.05, 0.1) is 5.52 Å². The van der Waals surface area contributed by atoms with Crippen LogP contribution in [0.2, 0.25) is 0 Å². The van der Waals surface area contributed by atoms with Crippen LogP contribution in [0.4, 0.5) is 0 Å². The highest BCUT2D eigenvalue weighted by atomic mass is 16.3. The number of benzene rings is 2. The first kappa shape index (κ1) is 17.3. The van der Waals surface area contributed by atoms with Crippen LogP contribution in [0.15, 0.2) is 53.3 Å². The summed E-state index contributed by atoms with van der Waals surface area (Å²) in [6.07, 6.45) is 2.43. The maximum atomic E-state index is 12.7. The van der Waals surface area contributed by atoms with E-state index in [1.54, 1.807) is 31.2 Å². The number of hydrogen-bond donors (Lipinski definition) is 3. The van der Waals surface area contributed by atoms with Crippen LogP contribution >= 0.6 is 0 Å². The van der Waals surface area contributed by atoms with Crippen molar-refractivity contribution in [1.82, 2.24) is 4.57 Å². The number of fused-ring (bicyclic) bond motifs is 1. The van der Waals surface area contributed by atoms with Gasteiger partial charge in [-0.05, 0) is 43.3 Å². The predicted molar refractivity (Wildman–Crippen MR) is 98.7 cm³/mol. The smallest absolute Gasteiger partial charge is 0.266 e. The van der Waals surface area contributed by atoms with E-state index in [0.29, 0.717) is 23.0 Å². The monoisotopic (exact) mass is 351 g/mol. The molecule has 26 heavy (non-hydrogen) atoms. The number of aromatic hydroxyl groups is 3. The highest BCUT2D eigenvalue weighted by Crippen LogP contribution is 2.27. The molecular formula is C20H17NO5. The molecule has 0 aliphatic carbocycles. The molecule has 3 N–H and O–H groups in total. The Balaban J connectivity index is 2.11. The maximum Gasteiger partial charge on any atom is 0.266 e. The molecule has 0 amide bonds. The number of allylic oxidation sites excluding steroid dienone is 1. The van der Waals surface area contributed by atoms with Gasteiger partial charge in [-0.25, -0.2) is 0 Å². The fourth-order valence-corrected chi connectivity index (χ4v) is 2.85. The first-order valence-corrected chi connectivity index (χ1v) is 8.03. The van der Waals surface area contributed by atoms with Gasteiger partial charge in [0, 0.05) is 23.6 Å². The maximum absolute atomic E-state index is 12.7. The largest absolute Gasteiger partial charge is 0.508 e. The van der Waals surface area contributed by atoms with Crippen molar-refractivity contribution in [2.75, 3.05) is 0 Å². The Morgan fingerprint density at radius 3 is 2.54 bits per heavy atom. The number of aromatic nitrogens is 1. The fourth-order valence-electron chi connectivity index (χ4n) is 2.85. The molecule has 0 atom stereocenters. The third-order valence-electron chi connectivity index (χ3n) is 4.14. The van der Waals surface area contributed by atoms with Crippen LogP contribution in [0.5, 0.6) is 17.2 Å². The number of phenolic OH excluding ortho intramolecular Hbond substituents is 2. The summed E-state index contributed by atoms with van der Waals surface area (Å²) < 4.78 is 1.42. The summed E-state index contributed by atoms with van der Waals surface area (Å²) >= 11 is 0. The average Bonchev–Trinajstić information content (AvgIpc) is 2.61. The normalized spacial score (nSPS) is 11.3. The van der Waals surface area contributed by atoms with Crippen molar-refractivity contribution in [3.05, 3.63) is 70.0 Å². The van der Waals surface area contributed by atoms with Gasteiger partial charge in [-0.1, -0.05) is 12.1 Å². The SMILES string of the molecule is CCn1c(=O)c(C(=O)C=Cc2ccc(O)cc2O)c(O)c2ccccc21. The molecule has 1 heterocycles. The summed E-state index contributed by atoms with van der Waals surface area (Å²) in [5.41, 5.74) is -0.0465. The van der Waals surface area contributed by atoms with Gasteiger partial charge < -0.3 is 19.9 Å². The van der Waals surface area contributed by atoms with Crippen molar-refractivity contribution in [2.24, 2.45) is 0 Å². The summed E-state index contributed by atoms with van der Waals surface area (Å²) in [5.74, 6) is -1.35. The second kappa shape index (κ2) is 6.76. The van der Waals surface area contributed by atoms with Crippen molar-refractivity contribution in [2.45, 2.75) is 13.5 Å². The third kappa shape index (κ3) is 2.93. The van der Waals surface area contributed by atoms with Crippen LogP contribution in [0, 0.1) is 0 Å².